The van der Waals surface area contributed by atoms with E-state index in [-0.39, 0.29) is 0 Å². The molecule has 172 valence electrons. The lowest BCUT2D eigenvalue weighted by Gasteiger charge is -2.36. The third-order valence-corrected chi connectivity index (χ3v) is 5.98. The summed E-state index contributed by atoms with van der Waals surface area (Å²) in [6.45, 7) is 6.25. The summed E-state index contributed by atoms with van der Waals surface area (Å²) < 4.78 is 16.4. The van der Waals surface area contributed by atoms with Crippen LogP contribution in [-0.2, 0) is 4.74 Å². The molecule has 33 heavy (non-hydrogen) atoms. The second-order valence-electron chi connectivity index (χ2n) is 8.15. The third kappa shape index (κ3) is 5.12. The van der Waals surface area contributed by atoms with Crippen LogP contribution in [0.4, 0.5) is 16.2 Å². The highest BCUT2D eigenvalue weighted by molar-refractivity contribution is 5.91. The minimum atomic E-state index is -0.457. The second-order valence-corrected chi connectivity index (χ2v) is 8.15. The first-order chi connectivity index (χ1) is 16.3. The van der Waals surface area contributed by atoms with E-state index in [0.29, 0.717) is 37.0 Å². The molecule has 0 bridgehead atoms. The van der Waals surface area contributed by atoms with Crippen molar-refractivity contribution < 1.29 is 19.0 Å². The lowest BCUT2D eigenvalue weighted by molar-refractivity contribution is 0.151. The number of pyridine rings is 1. The fraction of sp³-hybridized carbons (Fsp3) is 0.360. The van der Waals surface area contributed by atoms with Gasteiger partial charge < -0.3 is 19.1 Å². The van der Waals surface area contributed by atoms with Gasteiger partial charge in [0.15, 0.2) is 11.5 Å². The van der Waals surface area contributed by atoms with Gasteiger partial charge in [0.25, 0.3) is 0 Å². The molecule has 8 nitrogen and oxygen atoms in total. The van der Waals surface area contributed by atoms with Crippen molar-refractivity contribution >= 4 is 28.4 Å². The Hall–Kier alpha value is -3.52. The van der Waals surface area contributed by atoms with Crippen molar-refractivity contribution in [3.05, 3.63) is 54.7 Å². The molecule has 1 saturated heterocycles. The van der Waals surface area contributed by atoms with Gasteiger partial charge in [-0.1, -0.05) is 6.07 Å². The smallest absolute Gasteiger partial charge is 0.411 e. The maximum atomic E-state index is 12.1. The van der Waals surface area contributed by atoms with Crippen LogP contribution in [0, 0.1) is 0 Å². The highest BCUT2D eigenvalue weighted by Crippen LogP contribution is 2.32. The Bertz CT molecular complexity index is 1110. The van der Waals surface area contributed by atoms with Crippen LogP contribution in [0.1, 0.15) is 6.42 Å². The van der Waals surface area contributed by atoms with Gasteiger partial charge in [-0.05, 0) is 42.8 Å². The second kappa shape index (κ2) is 9.95. The van der Waals surface area contributed by atoms with Gasteiger partial charge in [0.1, 0.15) is 13.2 Å². The van der Waals surface area contributed by atoms with Crippen molar-refractivity contribution in [2.24, 2.45) is 0 Å². The van der Waals surface area contributed by atoms with Crippen LogP contribution in [0.2, 0.25) is 0 Å². The minimum absolute atomic E-state index is 0.381. The third-order valence-electron chi connectivity index (χ3n) is 5.98. The van der Waals surface area contributed by atoms with Crippen molar-refractivity contribution in [3.63, 3.8) is 0 Å². The van der Waals surface area contributed by atoms with Crippen molar-refractivity contribution in [2.75, 3.05) is 62.8 Å². The molecule has 1 aromatic heterocycles. The van der Waals surface area contributed by atoms with Crippen LogP contribution in [0.25, 0.3) is 10.9 Å². The highest BCUT2D eigenvalue weighted by atomic mass is 16.6. The SMILES string of the molecule is O=C(Nc1ccc2c(c1)OCCO2)OCCCN1CCN(c2cccc3ncccc23)CC1. The number of ether oxygens (including phenoxy) is 3. The predicted octanol–water partition coefficient (Wildman–Crippen LogP) is 3.77. The van der Waals surface area contributed by atoms with Crippen LogP contribution in [0.5, 0.6) is 11.5 Å². The molecule has 2 aromatic carbocycles. The van der Waals surface area contributed by atoms with Gasteiger partial charge in [-0.25, -0.2) is 4.79 Å². The van der Waals surface area contributed by atoms with E-state index in [0.717, 1.165) is 44.7 Å². The molecule has 0 atom stereocenters. The summed E-state index contributed by atoms with van der Waals surface area (Å²) in [4.78, 5) is 21.4. The number of carbonyl (C=O) groups excluding carboxylic acids is 1. The Balaban J connectivity index is 1.03. The number of aromatic nitrogens is 1. The fourth-order valence-electron chi connectivity index (χ4n) is 4.30. The van der Waals surface area contributed by atoms with Crippen LogP contribution < -0.4 is 19.7 Å². The number of nitrogens with zero attached hydrogens (tertiary/aromatic N) is 3. The average Bonchev–Trinajstić information content (AvgIpc) is 2.87. The molecule has 3 heterocycles. The zero-order valence-electron chi connectivity index (χ0n) is 18.5. The number of rotatable bonds is 6. The molecule has 0 radical (unpaired) electrons. The summed E-state index contributed by atoms with van der Waals surface area (Å²) in [7, 11) is 0. The molecule has 5 rings (SSSR count). The van der Waals surface area contributed by atoms with Crippen molar-refractivity contribution in [3.8, 4) is 11.5 Å². The first-order valence-electron chi connectivity index (χ1n) is 11.4. The largest absolute Gasteiger partial charge is 0.486 e. The van der Waals surface area contributed by atoms with Gasteiger partial charge in [-0.3, -0.25) is 15.2 Å². The number of nitrogens with one attached hydrogen (secondary N) is 1. The van der Waals surface area contributed by atoms with Crippen molar-refractivity contribution in [1.29, 1.82) is 0 Å². The zero-order valence-corrected chi connectivity index (χ0v) is 18.5. The molecule has 2 aliphatic rings. The van der Waals surface area contributed by atoms with E-state index >= 15 is 0 Å². The molecule has 2 aliphatic heterocycles. The fourth-order valence-corrected chi connectivity index (χ4v) is 4.30. The maximum absolute atomic E-state index is 12.1. The van der Waals surface area contributed by atoms with E-state index in [2.05, 4.69) is 44.4 Å². The lowest BCUT2D eigenvalue weighted by atomic mass is 10.1. The van der Waals surface area contributed by atoms with Gasteiger partial charge >= 0.3 is 6.09 Å². The number of amides is 1. The summed E-state index contributed by atoms with van der Waals surface area (Å²) in [6, 6.07) is 15.8. The summed E-state index contributed by atoms with van der Waals surface area (Å²) in [5.41, 5.74) is 2.91. The zero-order chi connectivity index (χ0) is 22.5. The number of hydrogen-bond acceptors (Lipinski definition) is 7. The van der Waals surface area contributed by atoms with Crippen LogP contribution in [0.15, 0.2) is 54.7 Å². The highest BCUT2D eigenvalue weighted by Gasteiger charge is 2.19. The molecule has 0 unspecified atom stereocenters. The molecule has 1 fully saturated rings. The standard InChI is InChI=1S/C25H28N4O4/c30-25(27-19-7-8-23-24(18-19)32-17-16-31-23)33-15-3-10-28-11-13-29(14-12-28)22-6-1-5-21-20(22)4-2-9-26-21/h1-2,4-9,18H,3,10-17H2,(H,27,30). The molecular formula is C25H28N4O4. The summed E-state index contributed by atoms with van der Waals surface area (Å²) in [5, 5.41) is 3.95. The van der Waals surface area contributed by atoms with Gasteiger partial charge in [0.05, 0.1) is 12.1 Å². The normalized spacial score (nSPS) is 15.9. The molecule has 0 spiro atoms. The molecular weight excluding hydrogens is 420 g/mol. The summed E-state index contributed by atoms with van der Waals surface area (Å²) in [6.07, 6.45) is 2.18. The first-order valence-corrected chi connectivity index (χ1v) is 11.4. The number of carbonyl (C=O) groups is 1. The first kappa shape index (κ1) is 21.3. The average molecular weight is 449 g/mol. The monoisotopic (exact) mass is 448 g/mol. The van der Waals surface area contributed by atoms with Gasteiger partial charge in [0, 0.05) is 61.7 Å². The molecule has 0 aliphatic carbocycles. The van der Waals surface area contributed by atoms with Gasteiger partial charge in [-0.2, -0.15) is 0 Å². The lowest BCUT2D eigenvalue weighted by Crippen LogP contribution is -2.46. The van der Waals surface area contributed by atoms with Crippen LogP contribution >= 0.6 is 0 Å². The number of hydrogen-bond donors (Lipinski definition) is 1. The Morgan fingerprint density at radius 1 is 1.00 bits per heavy atom. The van der Waals surface area contributed by atoms with Gasteiger partial charge in [0.2, 0.25) is 0 Å². The Morgan fingerprint density at radius 2 is 1.85 bits per heavy atom. The maximum Gasteiger partial charge on any atom is 0.411 e. The van der Waals surface area contributed by atoms with Crippen molar-refractivity contribution in [2.45, 2.75) is 6.42 Å². The number of fused-ring (bicyclic) bond motifs is 2. The number of benzene rings is 2. The van der Waals surface area contributed by atoms with Crippen LogP contribution in [-0.4, -0.2) is 68.5 Å². The van der Waals surface area contributed by atoms with E-state index in [9.17, 15) is 4.79 Å². The molecule has 0 saturated carbocycles. The van der Waals surface area contributed by atoms with Gasteiger partial charge in [-0.15, -0.1) is 0 Å². The van der Waals surface area contributed by atoms with Crippen molar-refractivity contribution in [1.82, 2.24) is 9.88 Å². The summed E-state index contributed by atoms with van der Waals surface area (Å²) in [5.74, 6) is 1.33. The van der Waals surface area contributed by atoms with Crippen LogP contribution in [0.3, 0.4) is 0 Å². The molecule has 3 aromatic rings. The number of anilines is 2. The van der Waals surface area contributed by atoms with E-state index in [4.69, 9.17) is 14.2 Å². The van der Waals surface area contributed by atoms with E-state index in [1.165, 1.54) is 11.1 Å². The molecule has 1 amide bonds. The Morgan fingerprint density at radius 3 is 2.73 bits per heavy atom. The van der Waals surface area contributed by atoms with E-state index < -0.39 is 6.09 Å². The Kier molecular flexibility index (Phi) is 6.44. The molecule has 1 N–H and O–H groups in total. The minimum Gasteiger partial charge on any atom is -0.486 e. The van der Waals surface area contributed by atoms with E-state index in [1.54, 1.807) is 18.2 Å². The summed E-state index contributed by atoms with van der Waals surface area (Å²) >= 11 is 0. The quantitative estimate of drug-likeness (QED) is 0.576. The molecule has 8 heteroatoms. The van der Waals surface area contributed by atoms with E-state index in [1.807, 2.05) is 12.3 Å². The number of piperazine rings is 1. The topological polar surface area (TPSA) is 76.2 Å². The predicted molar refractivity (Wildman–Crippen MR) is 127 cm³/mol. The Labute approximate surface area is 193 Å².